The quantitative estimate of drug-likeness (QED) is 0.652. The standard InChI is InChI=1S/C28H38FN5O3/c1-28(2,3)37-27(36)34-20-8-6-18(12-20)25(34)26(35)31-19(14-30)11-17-5-7-21(13-24(17)29)33-22-9-10-23(33)16-32(4)15-22/h5,7,13,18-20,22-23,25H,6,8-12,15-16H2,1-4H3,(H,31,35)/t18?,19-,20?,22?,23?,25?/m0/s1. The molecule has 1 saturated carbocycles. The summed E-state index contributed by atoms with van der Waals surface area (Å²) in [6.45, 7) is 7.36. The maximum Gasteiger partial charge on any atom is 0.411 e. The Morgan fingerprint density at radius 3 is 2.46 bits per heavy atom. The fourth-order valence-electron chi connectivity index (χ4n) is 6.91. The molecule has 1 aromatic rings. The number of ether oxygens (including phenoxy) is 1. The van der Waals surface area contributed by atoms with Crippen LogP contribution in [0.4, 0.5) is 14.9 Å². The van der Waals surface area contributed by atoms with Crippen molar-refractivity contribution in [2.24, 2.45) is 5.92 Å². The number of likely N-dealkylation sites (tertiary alicyclic amines) is 2. The molecule has 1 N–H and O–H groups in total. The minimum absolute atomic E-state index is 0.0222. The highest BCUT2D eigenvalue weighted by Gasteiger charge is 2.52. The summed E-state index contributed by atoms with van der Waals surface area (Å²) in [6.07, 6.45) is 4.28. The summed E-state index contributed by atoms with van der Waals surface area (Å²) < 4.78 is 20.8. The molecule has 3 heterocycles. The Hall–Kier alpha value is -2.86. The molecular formula is C28H38FN5O3. The molecule has 0 spiro atoms. The van der Waals surface area contributed by atoms with Crippen LogP contribution >= 0.6 is 0 Å². The molecule has 5 rings (SSSR count). The van der Waals surface area contributed by atoms with E-state index in [1.807, 2.05) is 6.07 Å². The van der Waals surface area contributed by atoms with Crippen LogP contribution in [0.1, 0.15) is 58.4 Å². The number of piperidine rings is 1. The minimum atomic E-state index is -0.896. The van der Waals surface area contributed by atoms with E-state index >= 15 is 4.39 Å². The van der Waals surface area contributed by atoms with Crippen LogP contribution < -0.4 is 10.2 Å². The molecule has 1 aliphatic carbocycles. The highest BCUT2D eigenvalue weighted by Crippen LogP contribution is 2.43. The molecule has 0 aromatic heterocycles. The normalized spacial score (nSPS) is 29.8. The molecule has 6 atom stereocenters. The Morgan fingerprint density at radius 1 is 1.16 bits per heavy atom. The number of fused-ring (bicyclic) bond motifs is 4. The van der Waals surface area contributed by atoms with Gasteiger partial charge >= 0.3 is 6.09 Å². The molecule has 9 heteroatoms. The van der Waals surface area contributed by atoms with Gasteiger partial charge in [0.2, 0.25) is 5.91 Å². The Balaban J connectivity index is 1.25. The van der Waals surface area contributed by atoms with E-state index in [0.717, 1.165) is 50.9 Å². The summed E-state index contributed by atoms with van der Waals surface area (Å²) in [5, 5.41) is 12.6. The van der Waals surface area contributed by atoms with E-state index in [2.05, 4.69) is 28.2 Å². The van der Waals surface area contributed by atoms with Crippen LogP contribution in [0.3, 0.4) is 0 Å². The van der Waals surface area contributed by atoms with Gasteiger partial charge in [0.05, 0.1) is 6.07 Å². The molecule has 37 heavy (non-hydrogen) atoms. The summed E-state index contributed by atoms with van der Waals surface area (Å²) >= 11 is 0. The van der Waals surface area contributed by atoms with Crippen molar-refractivity contribution in [2.75, 3.05) is 25.0 Å². The molecule has 4 fully saturated rings. The van der Waals surface area contributed by atoms with Crippen LogP contribution in [-0.4, -0.2) is 77.7 Å². The average Bonchev–Trinajstić information content (AvgIpc) is 3.50. The number of hydrogen-bond donors (Lipinski definition) is 1. The number of benzene rings is 1. The average molecular weight is 512 g/mol. The maximum atomic E-state index is 15.2. The van der Waals surface area contributed by atoms with Gasteiger partial charge < -0.3 is 19.9 Å². The number of anilines is 1. The van der Waals surface area contributed by atoms with E-state index in [4.69, 9.17) is 4.74 Å². The van der Waals surface area contributed by atoms with E-state index in [-0.39, 0.29) is 30.1 Å². The number of nitrogens with one attached hydrogen (secondary N) is 1. The fraction of sp³-hybridized carbons (Fsp3) is 0.679. The first-order valence-corrected chi connectivity index (χ1v) is 13.5. The zero-order chi connectivity index (χ0) is 26.5. The second kappa shape index (κ2) is 9.79. The molecule has 3 aliphatic heterocycles. The van der Waals surface area contributed by atoms with Gasteiger partial charge in [0, 0.05) is 43.3 Å². The van der Waals surface area contributed by atoms with Gasteiger partial charge in [0.15, 0.2) is 0 Å². The van der Waals surface area contributed by atoms with Crippen molar-refractivity contribution in [2.45, 2.75) is 95.1 Å². The van der Waals surface area contributed by atoms with Gasteiger partial charge in [-0.2, -0.15) is 5.26 Å². The lowest BCUT2D eigenvalue weighted by atomic mass is 9.97. The highest BCUT2D eigenvalue weighted by molar-refractivity contribution is 5.87. The van der Waals surface area contributed by atoms with Crippen molar-refractivity contribution in [3.05, 3.63) is 29.6 Å². The minimum Gasteiger partial charge on any atom is -0.444 e. The van der Waals surface area contributed by atoms with Crippen LogP contribution in [0.2, 0.25) is 0 Å². The van der Waals surface area contributed by atoms with Crippen molar-refractivity contribution < 1.29 is 18.7 Å². The number of rotatable bonds is 5. The summed E-state index contributed by atoms with van der Waals surface area (Å²) in [7, 11) is 2.13. The van der Waals surface area contributed by atoms with Crippen LogP contribution in [0.25, 0.3) is 0 Å². The third-order valence-corrected chi connectivity index (χ3v) is 8.35. The monoisotopic (exact) mass is 511 g/mol. The zero-order valence-electron chi connectivity index (χ0n) is 22.2. The molecule has 1 aromatic carbocycles. The molecule has 0 radical (unpaired) electrons. The largest absolute Gasteiger partial charge is 0.444 e. The fourth-order valence-corrected chi connectivity index (χ4v) is 6.91. The van der Waals surface area contributed by atoms with E-state index in [0.29, 0.717) is 17.6 Å². The van der Waals surface area contributed by atoms with Crippen LogP contribution in [0.5, 0.6) is 0 Å². The van der Waals surface area contributed by atoms with E-state index < -0.39 is 23.8 Å². The molecule has 3 saturated heterocycles. The van der Waals surface area contributed by atoms with Gasteiger partial charge in [-0.05, 0) is 83.5 Å². The number of carbonyl (C=O) groups excluding carboxylic acids is 2. The van der Waals surface area contributed by atoms with E-state index in [9.17, 15) is 14.9 Å². The predicted molar refractivity (Wildman–Crippen MR) is 137 cm³/mol. The second-order valence-electron chi connectivity index (χ2n) is 12.2. The molecule has 5 unspecified atom stereocenters. The number of nitriles is 1. The van der Waals surface area contributed by atoms with E-state index in [1.165, 1.54) is 0 Å². The number of amides is 2. The first kappa shape index (κ1) is 25.8. The van der Waals surface area contributed by atoms with Gasteiger partial charge in [-0.25, -0.2) is 9.18 Å². The lowest BCUT2D eigenvalue weighted by molar-refractivity contribution is -0.128. The number of likely N-dealkylation sites (N-methyl/N-ethyl adjacent to an activating group) is 1. The molecule has 4 bridgehead atoms. The lowest BCUT2D eigenvalue weighted by Crippen LogP contribution is -2.55. The second-order valence-corrected chi connectivity index (χ2v) is 12.2. The first-order valence-electron chi connectivity index (χ1n) is 13.5. The summed E-state index contributed by atoms with van der Waals surface area (Å²) in [4.78, 5) is 32.4. The molecule has 4 aliphatic rings. The maximum absolute atomic E-state index is 15.2. The topological polar surface area (TPSA) is 88.9 Å². The van der Waals surface area contributed by atoms with Crippen LogP contribution in [-0.2, 0) is 16.0 Å². The highest BCUT2D eigenvalue weighted by atomic mass is 19.1. The lowest BCUT2D eigenvalue weighted by Gasteiger charge is -2.41. The Kier molecular flexibility index (Phi) is 6.82. The molecule has 2 amide bonds. The van der Waals surface area contributed by atoms with Gasteiger partial charge in [-0.3, -0.25) is 9.69 Å². The number of halogens is 1. The number of hydrogen-bond acceptors (Lipinski definition) is 6. The first-order chi connectivity index (χ1) is 17.5. The van der Waals surface area contributed by atoms with Gasteiger partial charge in [0.1, 0.15) is 23.5 Å². The summed E-state index contributed by atoms with van der Waals surface area (Å²) in [5.41, 5.74) is 0.617. The Morgan fingerprint density at radius 2 is 1.84 bits per heavy atom. The summed E-state index contributed by atoms with van der Waals surface area (Å²) in [5.74, 6) is -0.678. The van der Waals surface area contributed by atoms with E-state index in [1.54, 1.807) is 37.8 Å². The van der Waals surface area contributed by atoms with Crippen molar-refractivity contribution in [3.63, 3.8) is 0 Å². The molecule has 8 nitrogen and oxygen atoms in total. The van der Waals surface area contributed by atoms with Crippen LogP contribution in [0, 0.1) is 23.1 Å². The number of nitrogens with zero attached hydrogens (tertiary/aromatic N) is 4. The van der Waals surface area contributed by atoms with Crippen LogP contribution in [0.15, 0.2) is 18.2 Å². The Bertz CT molecular complexity index is 1080. The third-order valence-electron chi connectivity index (χ3n) is 8.35. The third kappa shape index (κ3) is 5.13. The van der Waals surface area contributed by atoms with Crippen molar-refractivity contribution in [1.29, 1.82) is 5.26 Å². The number of carbonyl (C=O) groups is 2. The van der Waals surface area contributed by atoms with Gasteiger partial charge in [-0.15, -0.1) is 0 Å². The zero-order valence-corrected chi connectivity index (χ0v) is 22.2. The van der Waals surface area contributed by atoms with Gasteiger partial charge in [-0.1, -0.05) is 6.07 Å². The van der Waals surface area contributed by atoms with Crippen molar-refractivity contribution in [3.8, 4) is 6.07 Å². The molecular weight excluding hydrogens is 473 g/mol. The molecule has 200 valence electrons. The van der Waals surface area contributed by atoms with Gasteiger partial charge in [0.25, 0.3) is 0 Å². The summed E-state index contributed by atoms with van der Waals surface area (Å²) in [6, 6.07) is 6.58. The smallest absolute Gasteiger partial charge is 0.411 e. The number of piperazine rings is 1. The predicted octanol–water partition coefficient (Wildman–Crippen LogP) is 3.45. The van der Waals surface area contributed by atoms with Crippen molar-refractivity contribution in [1.82, 2.24) is 15.1 Å². The Labute approximate surface area is 218 Å². The van der Waals surface area contributed by atoms with Crippen molar-refractivity contribution >= 4 is 17.7 Å². The SMILES string of the molecule is CN1CC2CCC(C1)N2c1ccc(C[C@@H](C#N)NC(=O)C2C3CCC(C3)N2C(=O)OC(C)(C)C)c(F)c1.